The lowest BCUT2D eigenvalue weighted by Gasteiger charge is -2.29. The summed E-state index contributed by atoms with van der Waals surface area (Å²) in [5, 5.41) is 3.06. The van der Waals surface area contributed by atoms with Crippen molar-refractivity contribution in [1.82, 2.24) is 10.2 Å². The van der Waals surface area contributed by atoms with Crippen molar-refractivity contribution in [1.29, 1.82) is 0 Å². The Labute approximate surface area is 127 Å². The maximum Gasteiger partial charge on any atom is 0.220 e. The van der Waals surface area contributed by atoms with E-state index in [0.717, 1.165) is 18.7 Å². The van der Waals surface area contributed by atoms with E-state index < -0.39 is 0 Å². The van der Waals surface area contributed by atoms with Crippen molar-refractivity contribution in [3.63, 3.8) is 0 Å². The molecule has 4 heteroatoms. The van der Waals surface area contributed by atoms with Crippen LogP contribution in [0, 0.1) is 5.92 Å². The normalized spacial score (nSPS) is 21.0. The van der Waals surface area contributed by atoms with Crippen LogP contribution >= 0.6 is 0 Å². The van der Waals surface area contributed by atoms with Gasteiger partial charge in [-0.3, -0.25) is 4.79 Å². The Hall–Kier alpha value is -1.39. The molecular weight excluding hydrogens is 262 g/mol. The number of nitrogens with one attached hydrogen (secondary N) is 1. The second-order valence-corrected chi connectivity index (χ2v) is 6.13. The third-order valence-electron chi connectivity index (χ3n) is 4.22. The summed E-state index contributed by atoms with van der Waals surface area (Å²) in [5.41, 5.74) is 7.21. The van der Waals surface area contributed by atoms with Crippen molar-refractivity contribution in [3.8, 4) is 0 Å². The van der Waals surface area contributed by atoms with Crippen LogP contribution in [-0.2, 0) is 4.79 Å². The molecule has 0 spiro atoms. The molecular formula is C17H27N3O. The highest BCUT2D eigenvalue weighted by molar-refractivity contribution is 5.75. The van der Waals surface area contributed by atoms with Crippen molar-refractivity contribution in [2.45, 2.75) is 31.7 Å². The molecule has 1 amide bonds. The predicted octanol–water partition coefficient (Wildman–Crippen LogP) is 1.92. The molecule has 0 saturated carbocycles. The number of carbonyl (C=O) groups excluding carboxylic acids is 1. The Morgan fingerprint density at radius 2 is 2.19 bits per heavy atom. The maximum absolute atomic E-state index is 11.9. The van der Waals surface area contributed by atoms with Gasteiger partial charge in [0.05, 0.1) is 0 Å². The Balaban J connectivity index is 1.65. The number of amides is 1. The molecule has 2 atom stereocenters. The first-order valence-corrected chi connectivity index (χ1v) is 7.91. The second kappa shape index (κ2) is 8.15. The lowest BCUT2D eigenvalue weighted by molar-refractivity contribution is -0.121. The van der Waals surface area contributed by atoms with E-state index >= 15 is 0 Å². The number of likely N-dealkylation sites (tertiary alicyclic amines) is 1. The van der Waals surface area contributed by atoms with E-state index in [0.29, 0.717) is 18.8 Å². The van der Waals surface area contributed by atoms with Gasteiger partial charge < -0.3 is 16.0 Å². The molecule has 0 bridgehead atoms. The fourth-order valence-electron chi connectivity index (χ4n) is 2.94. The first kappa shape index (κ1) is 16.0. The molecule has 2 unspecified atom stereocenters. The number of rotatable bonds is 6. The summed E-state index contributed by atoms with van der Waals surface area (Å²) in [4.78, 5) is 14.3. The van der Waals surface area contributed by atoms with E-state index in [1.165, 1.54) is 19.4 Å². The third kappa shape index (κ3) is 5.48. The van der Waals surface area contributed by atoms with E-state index in [-0.39, 0.29) is 11.9 Å². The number of nitrogens with two attached hydrogens (primary N) is 1. The molecule has 1 aliphatic heterocycles. The number of piperidine rings is 1. The number of hydrogen-bond acceptors (Lipinski definition) is 3. The molecule has 21 heavy (non-hydrogen) atoms. The molecule has 1 aromatic carbocycles. The van der Waals surface area contributed by atoms with Crippen LogP contribution in [0.15, 0.2) is 30.3 Å². The summed E-state index contributed by atoms with van der Waals surface area (Å²) in [6.45, 7) is 3.06. The second-order valence-electron chi connectivity index (χ2n) is 6.13. The maximum atomic E-state index is 11.9. The topological polar surface area (TPSA) is 58.4 Å². The van der Waals surface area contributed by atoms with Crippen LogP contribution in [0.1, 0.15) is 37.3 Å². The fourth-order valence-corrected chi connectivity index (χ4v) is 2.94. The molecule has 116 valence electrons. The van der Waals surface area contributed by atoms with Gasteiger partial charge >= 0.3 is 0 Å². The number of benzene rings is 1. The first-order chi connectivity index (χ1) is 10.1. The van der Waals surface area contributed by atoms with Crippen molar-refractivity contribution in [2.75, 3.05) is 26.7 Å². The van der Waals surface area contributed by atoms with Crippen LogP contribution in [0.2, 0.25) is 0 Å². The van der Waals surface area contributed by atoms with Crippen molar-refractivity contribution in [3.05, 3.63) is 35.9 Å². The smallest absolute Gasteiger partial charge is 0.220 e. The number of nitrogens with zero attached hydrogens (tertiary/aromatic N) is 1. The van der Waals surface area contributed by atoms with Crippen molar-refractivity contribution in [2.24, 2.45) is 11.7 Å². The minimum atomic E-state index is -0.0576. The molecule has 1 heterocycles. The molecule has 2 rings (SSSR count). The molecule has 0 aromatic heterocycles. The molecule has 3 N–H and O–H groups in total. The van der Waals surface area contributed by atoms with E-state index in [1.54, 1.807) is 0 Å². The molecule has 1 aromatic rings. The van der Waals surface area contributed by atoms with Gasteiger partial charge in [-0.1, -0.05) is 30.3 Å². The summed E-state index contributed by atoms with van der Waals surface area (Å²) in [6, 6.07) is 9.91. The number of carbonyl (C=O) groups is 1. The predicted molar refractivity (Wildman–Crippen MR) is 85.8 cm³/mol. The first-order valence-electron chi connectivity index (χ1n) is 7.91. The molecule has 1 fully saturated rings. The highest BCUT2D eigenvalue weighted by Crippen LogP contribution is 2.16. The minimum Gasteiger partial charge on any atom is -0.356 e. The van der Waals surface area contributed by atoms with Gasteiger partial charge in [-0.25, -0.2) is 0 Å². The zero-order valence-electron chi connectivity index (χ0n) is 12.9. The Bertz CT molecular complexity index is 435. The standard InChI is InChI=1S/C17H27N3O/c1-20-11-5-6-14(13-20)12-19-17(21)10-9-16(18)15-7-3-2-4-8-15/h2-4,7-8,14,16H,5-6,9-13,18H2,1H3,(H,19,21). The van der Waals surface area contributed by atoms with E-state index in [4.69, 9.17) is 5.73 Å². The minimum absolute atomic E-state index is 0.0576. The largest absolute Gasteiger partial charge is 0.356 e. The van der Waals surface area contributed by atoms with Gasteiger partial charge in [-0.15, -0.1) is 0 Å². The fraction of sp³-hybridized carbons (Fsp3) is 0.588. The average Bonchev–Trinajstić information content (AvgIpc) is 2.51. The summed E-state index contributed by atoms with van der Waals surface area (Å²) in [7, 11) is 2.15. The summed E-state index contributed by atoms with van der Waals surface area (Å²) in [6.07, 6.45) is 3.64. The van der Waals surface area contributed by atoms with Gasteiger partial charge in [0.25, 0.3) is 0 Å². The molecule has 0 radical (unpaired) electrons. The molecule has 4 nitrogen and oxygen atoms in total. The lowest BCUT2D eigenvalue weighted by atomic mass is 9.98. The van der Waals surface area contributed by atoms with Crippen LogP contribution in [0.5, 0.6) is 0 Å². The van der Waals surface area contributed by atoms with Crippen LogP contribution in [0.3, 0.4) is 0 Å². The third-order valence-corrected chi connectivity index (χ3v) is 4.22. The van der Waals surface area contributed by atoms with Crippen LogP contribution in [-0.4, -0.2) is 37.5 Å². The van der Waals surface area contributed by atoms with Gasteiger partial charge in [0.15, 0.2) is 0 Å². The van der Waals surface area contributed by atoms with Crippen LogP contribution in [0.25, 0.3) is 0 Å². The highest BCUT2D eigenvalue weighted by Gasteiger charge is 2.17. The van der Waals surface area contributed by atoms with Gasteiger partial charge in [-0.2, -0.15) is 0 Å². The van der Waals surface area contributed by atoms with Crippen molar-refractivity contribution < 1.29 is 4.79 Å². The van der Waals surface area contributed by atoms with Gasteiger partial charge in [-0.05, 0) is 44.3 Å². The SMILES string of the molecule is CN1CCCC(CNC(=O)CCC(N)c2ccccc2)C1. The van der Waals surface area contributed by atoms with E-state index in [9.17, 15) is 4.79 Å². The quantitative estimate of drug-likeness (QED) is 0.841. The molecule has 1 aliphatic rings. The lowest BCUT2D eigenvalue weighted by Crippen LogP contribution is -2.39. The highest BCUT2D eigenvalue weighted by atomic mass is 16.1. The van der Waals surface area contributed by atoms with Crippen LogP contribution in [0.4, 0.5) is 0 Å². The summed E-state index contributed by atoms with van der Waals surface area (Å²) in [5.74, 6) is 0.713. The summed E-state index contributed by atoms with van der Waals surface area (Å²) < 4.78 is 0. The van der Waals surface area contributed by atoms with Crippen LogP contribution < -0.4 is 11.1 Å². The zero-order chi connectivity index (χ0) is 15.1. The molecule has 0 aliphatic carbocycles. The molecule has 1 saturated heterocycles. The van der Waals surface area contributed by atoms with E-state index in [2.05, 4.69) is 17.3 Å². The Kier molecular flexibility index (Phi) is 6.21. The zero-order valence-corrected chi connectivity index (χ0v) is 12.9. The van der Waals surface area contributed by atoms with Gasteiger partial charge in [0, 0.05) is 25.6 Å². The number of hydrogen-bond donors (Lipinski definition) is 2. The Morgan fingerprint density at radius 3 is 2.90 bits per heavy atom. The Morgan fingerprint density at radius 1 is 1.43 bits per heavy atom. The monoisotopic (exact) mass is 289 g/mol. The summed E-state index contributed by atoms with van der Waals surface area (Å²) >= 11 is 0. The van der Waals surface area contributed by atoms with Gasteiger partial charge in [0.2, 0.25) is 5.91 Å². The average molecular weight is 289 g/mol. The van der Waals surface area contributed by atoms with Crippen molar-refractivity contribution >= 4 is 5.91 Å². The van der Waals surface area contributed by atoms with Gasteiger partial charge in [0.1, 0.15) is 0 Å². The van der Waals surface area contributed by atoms with E-state index in [1.807, 2.05) is 30.3 Å².